The van der Waals surface area contributed by atoms with Gasteiger partial charge in [0.05, 0.1) is 0 Å². The lowest BCUT2D eigenvalue weighted by atomic mass is 9.97. The molecule has 0 saturated carbocycles. The van der Waals surface area contributed by atoms with Gasteiger partial charge in [-0.25, -0.2) is 13.4 Å². The summed E-state index contributed by atoms with van der Waals surface area (Å²) >= 11 is 0. The number of likely N-dealkylation sites (N-methyl/N-ethyl adjacent to an activating group) is 1. The highest BCUT2D eigenvalue weighted by molar-refractivity contribution is 7.89. The van der Waals surface area contributed by atoms with Crippen LogP contribution in [0, 0.1) is 12.8 Å². The summed E-state index contributed by atoms with van der Waals surface area (Å²) < 4.78 is 34.9. The number of ether oxygens (including phenoxy) is 1. The molecule has 9 nitrogen and oxygen atoms in total. The summed E-state index contributed by atoms with van der Waals surface area (Å²) in [5.74, 6) is 1.16. The van der Waals surface area contributed by atoms with Crippen LogP contribution in [0.2, 0.25) is 0 Å². The molecular formula is C24H37N5O4S. The van der Waals surface area contributed by atoms with Crippen LogP contribution in [-0.2, 0) is 28.4 Å². The van der Waals surface area contributed by atoms with E-state index in [1.54, 1.807) is 18.5 Å². The minimum atomic E-state index is -3.64. The Morgan fingerprint density at radius 2 is 1.88 bits per heavy atom. The molecule has 2 aromatic rings. The van der Waals surface area contributed by atoms with Crippen LogP contribution in [0.25, 0.3) is 0 Å². The maximum absolute atomic E-state index is 12.9. The lowest BCUT2D eigenvalue weighted by Crippen LogP contribution is -2.43. The maximum atomic E-state index is 12.9. The number of imidazole rings is 1. The summed E-state index contributed by atoms with van der Waals surface area (Å²) in [6.07, 6.45) is 2.50. The molecule has 1 fully saturated rings. The summed E-state index contributed by atoms with van der Waals surface area (Å²) in [7, 11) is -1.87. The van der Waals surface area contributed by atoms with Crippen molar-refractivity contribution in [3.63, 3.8) is 0 Å². The Balaban J connectivity index is 1.50. The zero-order chi connectivity index (χ0) is 24.7. The van der Waals surface area contributed by atoms with Gasteiger partial charge in [-0.1, -0.05) is 32.0 Å². The Kier molecular flexibility index (Phi) is 9.10. The monoisotopic (exact) mass is 491 g/mol. The van der Waals surface area contributed by atoms with E-state index in [4.69, 9.17) is 4.74 Å². The number of hydrogen-bond acceptors (Lipinski definition) is 6. The number of amides is 1. The summed E-state index contributed by atoms with van der Waals surface area (Å²) in [5.41, 5.74) is 0.931. The second kappa shape index (κ2) is 11.8. The zero-order valence-electron chi connectivity index (χ0n) is 20.7. The number of hydrogen-bond donors (Lipinski definition) is 1. The van der Waals surface area contributed by atoms with Crippen molar-refractivity contribution in [1.82, 2.24) is 24.1 Å². The van der Waals surface area contributed by atoms with Crippen molar-refractivity contribution in [1.29, 1.82) is 0 Å². The van der Waals surface area contributed by atoms with Crippen LogP contribution >= 0.6 is 0 Å². The molecule has 0 unspecified atom stereocenters. The van der Waals surface area contributed by atoms with Gasteiger partial charge in [-0.15, -0.1) is 0 Å². The summed E-state index contributed by atoms with van der Waals surface area (Å²) in [6.45, 7) is 10.4. The number of piperidine rings is 1. The minimum Gasteiger partial charge on any atom is -0.492 e. The largest absolute Gasteiger partial charge is 0.492 e. The van der Waals surface area contributed by atoms with E-state index in [0.717, 1.165) is 30.9 Å². The number of carbonyl (C=O) groups is 1. The fraction of sp³-hybridized carbons (Fsp3) is 0.583. The number of carbonyl (C=O) groups excluding carboxylic acids is 1. The quantitative estimate of drug-likeness (QED) is 0.518. The van der Waals surface area contributed by atoms with E-state index in [9.17, 15) is 13.2 Å². The molecule has 3 rings (SSSR count). The average Bonchev–Trinajstić information content (AvgIpc) is 3.20. The van der Waals surface area contributed by atoms with Crippen LogP contribution < -0.4 is 10.1 Å². The number of rotatable bonds is 11. The molecule has 0 spiro atoms. The molecule has 188 valence electrons. The highest BCUT2D eigenvalue weighted by Crippen LogP contribution is 2.24. The third-order valence-corrected chi connectivity index (χ3v) is 8.27. The molecule has 1 aromatic carbocycles. The van der Waals surface area contributed by atoms with Crippen LogP contribution in [0.1, 0.15) is 38.1 Å². The number of aromatic nitrogens is 2. The second-order valence-electron chi connectivity index (χ2n) is 8.62. The number of nitrogens with zero attached hydrogens (tertiary/aromatic N) is 4. The summed E-state index contributed by atoms with van der Waals surface area (Å²) in [4.78, 5) is 19.3. The Morgan fingerprint density at radius 3 is 2.50 bits per heavy atom. The van der Waals surface area contributed by atoms with Crippen molar-refractivity contribution >= 4 is 15.9 Å². The van der Waals surface area contributed by atoms with Crippen LogP contribution in [0.3, 0.4) is 0 Å². The molecule has 1 saturated heterocycles. The van der Waals surface area contributed by atoms with Gasteiger partial charge in [-0.05, 0) is 38.9 Å². The minimum absolute atomic E-state index is 0.0522. The molecule has 1 aliphatic rings. The first-order valence-electron chi connectivity index (χ1n) is 12.0. The van der Waals surface area contributed by atoms with E-state index in [2.05, 4.69) is 29.0 Å². The molecule has 34 heavy (non-hydrogen) atoms. The smallest absolute Gasteiger partial charge is 0.262 e. The van der Waals surface area contributed by atoms with Gasteiger partial charge in [0.15, 0.2) is 5.03 Å². The molecule has 1 aromatic heterocycles. The van der Waals surface area contributed by atoms with E-state index in [0.29, 0.717) is 44.9 Å². The number of nitrogens with one attached hydrogen (secondary N) is 1. The predicted octanol–water partition coefficient (Wildman–Crippen LogP) is 2.17. The number of aryl methyl sites for hydroxylation is 2. The first kappa shape index (κ1) is 26.2. The topological polar surface area (TPSA) is 96.8 Å². The Bertz CT molecular complexity index is 1040. The van der Waals surface area contributed by atoms with Crippen LogP contribution in [0.15, 0.2) is 35.5 Å². The van der Waals surface area contributed by atoms with Gasteiger partial charge in [-0.3, -0.25) is 4.79 Å². The van der Waals surface area contributed by atoms with E-state index in [1.807, 2.05) is 24.3 Å². The lowest BCUT2D eigenvalue weighted by Gasteiger charge is -2.30. The molecule has 10 heteroatoms. The van der Waals surface area contributed by atoms with Crippen molar-refractivity contribution in [2.45, 2.75) is 45.2 Å². The Morgan fingerprint density at radius 1 is 1.21 bits per heavy atom. The molecule has 0 atom stereocenters. The zero-order valence-corrected chi connectivity index (χ0v) is 21.5. The molecule has 1 N–H and O–H groups in total. The average molecular weight is 492 g/mol. The van der Waals surface area contributed by atoms with Crippen molar-refractivity contribution in [2.75, 3.05) is 39.3 Å². The number of para-hydroxylation sites is 1. The SMILES string of the molecule is CCN(CC)CCOc1ccccc1CNC(=O)C1CCN(S(=O)(=O)c2cn(C)c(C)n2)CC1. The number of benzene rings is 1. The van der Waals surface area contributed by atoms with Crippen molar-refractivity contribution in [3.05, 3.63) is 41.9 Å². The second-order valence-corrected chi connectivity index (χ2v) is 10.5. The first-order valence-corrected chi connectivity index (χ1v) is 13.4. The highest BCUT2D eigenvalue weighted by Gasteiger charge is 2.33. The highest BCUT2D eigenvalue weighted by atomic mass is 32.2. The van der Waals surface area contributed by atoms with Gasteiger partial charge in [0, 0.05) is 50.9 Å². The first-order chi connectivity index (χ1) is 16.3. The molecule has 1 aliphatic heterocycles. The van der Waals surface area contributed by atoms with Crippen molar-refractivity contribution in [3.8, 4) is 5.75 Å². The van der Waals surface area contributed by atoms with Crippen LogP contribution in [0.4, 0.5) is 0 Å². The normalized spacial score (nSPS) is 15.6. The Hall–Kier alpha value is -2.43. The number of sulfonamides is 1. The van der Waals surface area contributed by atoms with E-state index in [1.165, 1.54) is 10.5 Å². The van der Waals surface area contributed by atoms with E-state index >= 15 is 0 Å². The van der Waals surface area contributed by atoms with Gasteiger partial charge in [0.2, 0.25) is 5.91 Å². The maximum Gasteiger partial charge on any atom is 0.262 e. The van der Waals surface area contributed by atoms with E-state index < -0.39 is 10.0 Å². The van der Waals surface area contributed by atoms with Gasteiger partial charge < -0.3 is 19.5 Å². The van der Waals surface area contributed by atoms with Gasteiger partial charge in [0.25, 0.3) is 10.0 Å². The van der Waals surface area contributed by atoms with Gasteiger partial charge in [0.1, 0.15) is 18.2 Å². The lowest BCUT2D eigenvalue weighted by molar-refractivity contribution is -0.126. The fourth-order valence-corrected chi connectivity index (χ4v) is 5.58. The molecule has 1 amide bonds. The third-order valence-electron chi connectivity index (χ3n) is 6.50. The molecule has 0 aliphatic carbocycles. The van der Waals surface area contributed by atoms with E-state index in [-0.39, 0.29) is 16.9 Å². The molecule has 2 heterocycles. The third kappa shape index (κ3) is 6.37. The molecule has 0 bridgehead atoms. The van der Waals surface area contributed by atoms with Crippen molar-refractivity contribution in [2.24, 2.45) is 13.0 Å². The standard InChI is InChI=1S/C24H37N5O4S/c1-5-28(6-2)15-16-33-22-10-8-7-9-21(22)17-25-24(30)20-11-13-29(14-12-20)34(31,32)23-18-27(4)19(3)26-23/h7-10,18,20H,5-6,11-17H2,1-4H3,(H,25,30). The molecule has 0 radical (unpaired) electrons. The van der Waals surface area contributed by atoms with Crippen LogP contribution in [-0.4, -0.2) is 72.4 Å². The Labute approximate surface area is 203 Å². The van der Waals surface area contributed by atoms with Gasteiger partial charge in [-0.2, -0.15) is 4.31 Å². The van der Waals surface area contributed by atoms with Crippen LogP contribution in [0.5, 0.6) is 5.75 Å². The summed E-state index contributed by atoms with van der Waals surface area (Å²) in [5, 5.41) is 3.08. The predicted molar refractivity (Wildman–Crippen MR) is 131 cm³/mol. The van der Waals surface area contributed by atoms with Crippen molar-refractivity contribution < 1.29 is 17.9 Å². The fourth-order valence-electron chi connectivity index (χ4n) is 4.08. The molecular weight excluding hydrogens is 454 g/mol. The van der Waals surface area contributed by atoms with Gasteiger partial charge >= 0.3 is 0 Å². The summed E-state index contributed by atoms with van der Waals surface area (Å²) in [6, 6.07) is 7.74.